The SMILES string of the molecule is CC1(C)CC(=O)C(C(CCOCCOCCOCCOCCNC(=O)CCCC[C@@H]2SC[C@@H]3NC(=O)N[C@@H]32)=NCC(=O)O)=C(O)C1. The maximum Gasteiger partial charge on any atom is 0.325 e. The highest BCUT2D eigenvalue weighted by molar-refractivity contribution is 8.00. The monoisotopic (exact) mass is 670 g/mol. The van der Waals surface area contributed by atoms with E-state index in [1.54, 1.807) is 0 Å². The number of ketones is 1. The number of hydrogen-bond acceptors (Lipinski definition) is 11. The Balaban J connectivity index is 1.11. The van der Waals surface area contributed by atoms with Gasteiger partial charge in [0.05, 0.1) is 76.2 Å². The molecule has 5 N–H and O–H groups in total. The number of ether oxygens (including phenoxy) is 4. The lowest BCUT2D eigenvalue weighted by molar-refractivity contribution is -0.135. The number of rotatable bonds is 23. The van der Waals surface area contributed by atoms with Crippen LogP contribution in [0.25, 0.3) is 0 Å². The molecule has 14 nitrogen and oxygen atoms in total. The predicted octanol–water partition coefficient (Wildman–Crippen LogP) is 2.01. The van der Waals surface area contributed by atoms with Crippen LogP contribution < -0.4 is 16.0 Å². The van der Waals surface area contributed by atoms with Crippen LogP contribution in [0.2, 0.25) is 0 Å². The first-order valence-electron chi connectivity index (χ1n) is 16.0. The predicted molar refractivity (Wildman–Crippen MR) is 172 cm³/mol. The van der Waals surface area contributed by atoms with Crippen LogP contribution in [-0.2, 0) is 33.3 Å². The summed E-state index contributed by atoms with van der Waals surface area (Å²) in [6.07, 6.45) is 4.03. The molecule has 3 aliphatic rings. The number of carbonyl (C=O) groups is 4. The number of carbonyl (C=O) groups excluding carboxylic acids is 3. The smallest absolute Gasteiger partial charge is 0.325 e. The third-order valence-electron chi connectivity index (χ3n) is 7.79. The molecule has 3 amide bonds. The maximum absolute atomic E-state index is 12.6. The molecule has 2 fully saturated rings. The van der Waals surface area contributed by atoms with Gasteiger partial charge in [0.2, 0.25) is 5.91 Å². The molecule has 0 spiro atoms. The number of nitrogens with one attached hydrogen (secondary N) is 3. The Hall–Kier alpha value is -2.72. The van der Waals surface area contributed by atoms with E-state index in [9.17, 15) is 24.3 Å². The Kier molecular flexibility index (Phi) is 16.3. The molecule has 2 heterocycles. The van der Waals surface area contributed by atoms with E-state index in [0.717, 1.165) is 25.0 Å². The van der Waals surface area contributed by atoms with Gasteiger partial charge in [0, 0.05) is 43.2 Å². The molecular formula is C31H50N4O10S. The van der Waals surface area contributed by atoms with E-state index >= 15 is 0 Å². The van der Waals surface area contributed by atoms with Crippen LogP contribution in [0.15, 0.2) is 16.3 Å². The van der Waals surface area contributed by atoms with Gasteiger partial charge in [-0.05, 0) is 18.3 Å². The van der Waals surface area contributed by atoms with Gasteiger partial charge in [0.25, 0.3) is 0 Å². The summed E-state index contributed by atoms with van der Waals surface area (Å²) in [5.74, 6) is -0.459. The summed E-state index contributed by atoms with van der Waals surface area (Å²) in [7, 11) is 0. The third kappa shape index (κ3) is 13.6. The summed E-state index contributed by atoms with van der Waals surface area (Å²) in [4.78, 5) is 51.2. The van der Waals surface area contributed by atoms with E-state index in [1.165, 1.54) is 0 Å². The van der Waals surface area contributed by atoms with Crippen molar-refractivity contribution >= 4 is 41.2 Å². The van der Waals surface area contributed by atoms with Gasteiger partial charge in [0.15, 0.2) is 5.78 Å². The lowest BCUT2D eigenvalue weighted by atomic mass is 9.75. The van der Waals surface area contributed by atoms with Crippen LogP contribution in [0.1, 0.15) is 58.8 Å². The average molecular weight is 671 g/mol. The van der Waals surface area contributed by atoms with E-state index in [-0.39, 0.29) is 71.7 Å². The molecule has 3 atom stereocenters. The zero-order valence-electron chi connectivity index (χ0n) is 27.0. The number of urea groups is 1. The number of aliphatic imine (C=N–C) groups is 1. The van der Waals surface area contributed by atoms with Crippen LogP contribution in [0, 0.1) is 5.41 Å². The summed E-state index contributed by atoms with van der Waals surface area (Å²) in [5.41, 5.74) is 0.0106. The van der Waals surface area contributed by atoms with E-state index in [1.807, 2.05) is 25.6 Å². The van der Waals surface area contributed by atoms with Crippen molar-refractivity contribution in [2.24, 2.45) is 10.4 Å². The Morgan fingerprint density at radius 1 is 0.935 bits per heavy atom. The number of carboxylic acid groups (broad SMARTS) is 1. The van der Waals surface area contributed by atoms with Crippen molar-refractivity contribution in [3.05, 3.63) is 11.3 Å². The van der Waals surface area contributed by atoms with E-state index in [4.69, 9.17) is 24.1 Å². The Labute approximate surface area is 274 Å². The first kappa shape index (κ1) is 37.7. The van der Waals surface area contributed by atoms with Crippen LogP contribution in [-0.4, -0.2) is 129 Å². The molecule has 0 unspecified atom stereocenters. The highest BCUT2D eigenvalue weighted by atomic mass is 32.2. The number of aliphatic hydroxyl groups excluding tert-OH is 1. The number of hydrogen-bond donors (Lipinski definition) is 5. The first-order chi connectivity index (χ1) is 22.1. The number of allylic oxidation sites excluding steroid dienone is 2. The van der Waals surface area contributed by atoms with Gasteiger partial charge >= 0.3 is 12.0 Å². The molecule has 2 aliphatic heterocycles. The summed E-state index contributed by atoms with van der Waals surface area (Å²) < 4.78 is 22.0. The lowest BCUT2D eigenvalue weighted by Crippen LogP contribution is -2.36. The summed E-state index contributed by atoms with van der Waals surface area (Å²) in [6.45, 7) is 6.56. The number of nitrogens with zero attached hydrogens (tertiary/aromatic N) is 1. The number of amides is 3. The Morgan fingerprint density at radius 3 is 2.24 bits per heavy atom. The van der Waals surface area contributed by atoms with E-state index in [2.05, 4.69) is 20.9 Å². The van der Waals surface area contributed by atoms with Crippen molar-refractivity contribution in [2.75, 3.05) is 71.7 Å². The molecule has 0 radical (unpaired) electrons. The fourth-order valence-electron chi connectivity index (χ4n) is 5.62. The van der Waals surface area contributed by atoms with Crippen molar-refractivity contribution in [3.63, 3.8) is 0 Å². The van der Waals surface area contributed by atoms with Crippen molar-refractivity contribution in [3.8, 4) is 0 Å². The van der Waals surface area contributed by atoms with Crippen molar-refractivity contribution < 1.29 is 48.3 Å². The molecule has 0 aromatic rings. The number of unbranched alkanes of at least 4 members (excludes halogenated alkanes) is 1. The molecule has 0 bridgehead atoms. The van der Waals surface area contributed by atoms with Gasteiger partial charge in [-0.25, -0.2) is 4.79 Å². The van der Waals surface area contributed by atoms with Crippen LogP contribution >= 0.6 is 11.8 Å². The second-order valence-corrected chi connectivity index (χ2v) is 13.6. The molecule has 15 heteroatoms. The molecule has 0 saturated carbocycles. The highest BCUT2D eigenvalue weighted by Crippen LogP contribution is 2.36. The third-order valence-corrected chi connectivity index (χ3v) is 9.30. The van der Waals surface area contributed by atoms with E-state index < -0.39 is 12.5 Å². The number of thioether (sulfide) groups is 1. The fraction of sp³-hybridized carbons (Fsp3) is 0.774. The quantitative estimate of drug-likeness (QED) is 0.0607. The van der Waals surface area contributed by atoms with Gasteiger partial charge in [0.1, 0.15) is 12.3 Å². The second-order valence-electron chi connectivity index (χ2n) is 12.3. The summed E-state index contributed by atoms with van der Waals surface area (Å²) >= 11 is 1.89. The average Bonchev–Trinajstić information content (AvgIpc) is 3.53. The molecule has 0 aromatic carbocycles. The van der Waals surface area contributed by atoms with Gasteiger partial charge in [-0.15, -0.1) is 0 Å². The normalized spacial score (nSPS) is 22.5. The minimum absolute atomic E-state index is 0.0145. The van der Waals surface area contributed by atoms with Gasteiger partial charge in [-0.3, -0.25) is 19.4 Å². The standard InChI is InChI=1S/C31H50N4O10S/c1-31(2)17-23(36)28(24(37)18-31)21(33-19-27(39)40)7-9-42-11-13-44-15-16-45-14-12-43-10-8-32-26(38)6-4-3-5-25-29-22(20-46-25)34-30(41)35-29/h22,25,29,36H,3-20H2,1-2H3,(H,32,38)(H,39,40)(H2,34,35,41)/t22-,25-,29-/m0/s1. The number of aliphatic hydroxyl groups is 1. The van der Waals surface area contributed by atoms with Crippen molar-refractivity contribution in [1.82, 2.24) is 16.0 Å². The van der Waals surface area contributed by atoms with E-state index in [0.29, 0.717) is 70.9 Å². The Morgan fingerprint density at radius 2 is 1.59 bits per heavy atom. The number of aliphatic carboxylic acids is 1. The highest BCUT2D eigenvalue weighted by Gasteiger charge is 2.42. The van der Waals surface area contributed by atoms with Crippen LogP contribution in [0.5, 0.6) is 0 Å². The summed E-state index contributed by atoms with van der Waals surface area (Å²) in [6, 6.07) is 0.360. The minimum Gasteiger partial charge on any atom is -0.511 e. The second kappa shape index (κ2) is 19.8. The van der Waals surface area contributed by atoms with Crippen LogP contribution in [0.3, 0.4) is 0 Å². The Bertz CT molecular complexity index is 1100. The zero-order chi connectivity index (χ0) is 33.4. The molecule has 1 aliphatic carbocycles. The number of carboxylic acids is 1. The van der Waals surface area contributed by atoms with Crippen LogP contribution in [0.4, 0.5) is 4.79 Å². The summed E-state index contributed by atoms with van der Waals surface area (Å²) in [5, 5.41) is 28.7. The lowest BCUT2D eigenvalue weighted by Gasteiger charge is -2.30. The zero-order valence-corrected chi connectivity index (χ0v) is 27.8. The van der Waals surface area contributed by atoms with Crippen molar-refractivity contribution in [1.29, 1.82) is 0 Å². The first-order valence-corrected chi connectivity index (χ1v) is 17.1. The molecule has 260 valence electrons. The molecule has 0 aromatic heterocycles. The molecule has 3 rings (SSSR count). The maximum atomic E-state index is 12.6. The molecular weight excluding hydrogens is 620 g/mol. The fourth-order valence-corrected chi connectivity index (χ4v) is 7.16. The van der Waals surface area contributed by atoms with Gasteiger partial charge in [-0.1, -0.05) is 20.3 Å². The van der Waals surface area contributed by atoms with Gasteiger partial charge in [-0.2, -0.15) is 11.8 Å². The van der Waals surface area contributed by atoms with Crippen molar-refractivity contribution in [2.45, 2.75) is 76.1 Å². The molecule has 46 heavy (non-hydrogen) atoms. The van der Waals surface area contributed by atoms with Gasteiger partial charge < -0.3 is 45.1 Å². The number of Topliss-reactive ketones (excluding diaryl/α,β-unsaturated/α-hetero) is 1. The number of fused-ring (bicyclic) bond motifs is 1. The topological polar surface area (TPSA) is 194 Å². The largest absolute Gasteiger partial charge is 0.511 e. The minimum atomic E-state index is -1.12. The molecule has 2 saturated heterocycles.